The van der Waals surface area contributed by atoms with Crippen molar-refractivity contribution in [3.8, 4) is 11.5 Å². The van der Waals surface area contributed by atoms with Gasteiger partial charge < -0.3 is 14.4 Å². The number of para-hydroxylation sites is 2. The largest absolute Gasteiger partial charge is 0.493 e. The molecular weight excluding hydrogens is 290 g/mol. The number of ether oxygens (including phenoxy) is 2. The average Bonchev–Trinajstić information content (AvgIpc) is 2.59. The molecule has 2 aromatic rings. The molecule has 0 N–H and O–H groups in total. The van der Waals surface area contributed by atoms with Gasteiger partial charge in [0.2, 0.25) is 0 Å². The lowest BCUT2D eigenvalue weighted by atomic mass is 9.99. The number of aryl methyl sites for hydroxylation is 1. The Balaban J connectivity index is 1.68. The van der Waals surface area contributed by atoms with E-state index in [1.165, 1.54) is 0 Å². The smallest absolute Gasteiger partial charge is 0.260 e. The van der Waals surface area contributed by atoms with Gasteiger partial charge in [-0.05, 0) is 24.6 Å². The van der Waals surface area contributed by atoms with Gasteiger partial charge in [0, 0.05) is 19.0 Å². The van der Waals surface area contributed by atoms with Gasteiger partial charge in [0.05, 0.1) is 12.6 Å². The molecule has 4 nitrogen and oxygen atoms in total. The minimum absolute atomic E-state index is 0.0324. The second-order valence-electron chi connectivity index (χ2n) is 5.75. The molecule has 0 radical (unpaired) electrons. The zero-order valence-electron chi connectivity index (χ0n) is 13.5. The Morgan fingerprint density at radius 1 is 1.22 bits per heavy atom. The van der Waals surface area contributed by atoms with Crippen molar-refractivity contribution in [2.24, 2.45) is 0 Å². The Hall–Kier alpha value is -2.49. The minimum Gasteiger partial charge on any atom is -0.493 e. The summed E-state index contributed by atoms with van der Waals surface area (Å²) in [5, 5.41) is 0. The number of carbonyl (C=O) groups excluding carboxylic acids is 1. The van der Waals surface area contributed by atoms with Gasteiger partial charge in [0.15, 0.2) is 6.61 Å². The summed E-state index contributed by atoms with van der Waals surface area (Å²) in [4.78, 5) is 14.3. The number of amides is 1. The first kappa shape index (κ1) is 15.4. The molecular formula is C19H21NO3. The average molecular weight is 311 g/mol. The highest BCUT2D eigenvalue weighted by Crippen LogP contribution is 2.35. The molecule has 0 saturated carbocycles. The molecule has 0 aliphatic carbocycles. The van der Waals surface area contributed by atoms with Crippen molar-refractivity contribution in [1.29, 1.82) is 0 Å². The summed E-state index contributed by atoms with van der Waals surface area (Å²) in [5.74, 6) is 1.58. The topological polar surface area (TPSA) is 38.8 Å². The Morgan fingerprint density at radius 2 is 1.96 bits per heavy atom. The highest BCUT2D eigenvalue weighted by Gasteiger charge is 2.27. The Bertz CT molecular complexity index is 699. The maximum Gasteiger partial charge on any atom is 0.260 e. The third-order valence-electron chi connectivity index (χ3n) is 4.23. The van der Waals surface area contributed by atoms with E-state index in [9.17, 15) is 4.79 Å². The molecule has 1 heterocycles. The number of rotatable bonds is 4. The maximum atomic E-state index is 12.5. The van der Waals surface area contributed by atoms with Crippen LogP contribution in [0, 0.1) is 6.92 Å². The van der Waals surface area contributed by atoms with Crippen molar-refractivity contribution in [1.82, 2.24) is 4.90 Å². The molecule has 120 valence electrons. The molecule has 0 fully saturated rings. The fraction of sp³-hybridized carbons (Fsp3) is 0.316. The first-order valence-corrected chi connectivity index (χ1v) is 7.82. The van der Waals surface area contributed by atoms with E-state index in [1.807, 2.05) is 62.5 Å². The molecule has 1 atom stereocenters. The van der Waals surface area contributed by atoms with Crippen molar-refractivity contribution in [2.45, 2.75) is 19.4 Å². The molecule has 1 aliphatic rings. The summed E-state index contributed by atoms with van der Waals surface area (Å²) in [5.41, 5.74) is 2.09. The van der Waals surface area contributed by atoms with Crippen molar-refractivity contribution < 1.29 is 14.3 Å². The molecule has 0 aromatic heterocycles. The first-order chi connectivity index (χ1) is 11.2. The van der Waals surface area contributed by atoms with Crippen LogP contribution in [0.3, 0.4) is 0 Å². The number of carbonyl (C=O) groups is 1. The molecule has 1 unspecified atom stereocenters. The van der Waals surface area contributed by atoms with Crippen LogP contribution in [0.1, 0.15) is 23.6 Å². The van der Waals surface area contributed by atoms with Crippen molar-refractivity contribution in [2.75, 3.05) is 20.3 Å². The Morgan fingerprint density at radius 3 is 2.78 bits per heavy atom. The van der Waals surface area contributed by atoms with E-state index < -0.39 is 0 Å². The van der Waals surface area contributed by atoms with E-state index in [1.54, 1.807) is 4.90 Å². The molecule has 23 heavy (non-hydrogen) atoms. The van der Waals surface area contributed by atoms with Crippen LogP contribution in [-0.4, -0.2) is 31.1 Å². The molecule has 0 saturated heterocycles. The maximum absolute atomic E-state index is 12.5. The minimum atomic E-state index is -0.0324. The van der Waals surface area contributed by atoms with Crippen LogP contribution < -0.4 is 9.47 Å². The number of benzene rings is 2. The number of likely N-dealkylation sites (N-methyl/N-ethyl adjacent to an activating group) is 1. The van der Waals surface area contributed by atoms with Gasteiger partial charge in [0.1, 0.15) is 11.5 Å². The third kappa shape index (κ3) is 3.31. The monoisotopic (exact) mass is 311 g/mol. The van der Waals surface area contributed by atoms with Crippen LogP contribution in [0.5, 0.6) is 11.5 Å². The quantitative estimate of drug-likeness (QED) is 0.869. The van der Waals surface area contributed by atoms with Crippen molar-refractivity contribution >= 4 is 5.91 Å². The van der Waals surface area contributed by atoms with E-state index in [-0.39, 0.29) is 18.6 Å². The van der Waals surface area contributed by atoms with Crippen molar-refractivity contribution in [3.05, 3.63) is 59.7 Å². The summed E-state index contributed by atoms with van der Waals surface area (Å²) in [6.45, 7) is 2.64. The van der Waals surface area contributed by atoms with Crippen LogP contribution in [-0.2, 0) is 4.79 Å². The van der Waals surface area contributed by atoms with Crippen molar-refractivity contribution in [3.63, 3.8) is 0 Å². The molecule has 1 aliphatic heterocycles. The fourth-order valence-electron chi connectivity index (χ4n) is 2.86. The third-order valence-corrected chi connectivity index (χ3v) is 4.23. The van der Waals surface area contributed by atoms with Crippen LogP contribution in [0.25, 0.3) is 0 Å². The van der Waals surface area contributed by atoms with Gasteiger partial charge in [-0.2, -0.15) is 0 Å². The number of hydrogen-bond donors (Lipinski definition) is 0. The van der Waals surface area contributed by atoms with E-state index in [2.05, 4.69) is 0 Å². The predicted octanol–water partition coefficient (Wildman–Crippen LogP) is 3.36. The normalized spacial score (nSPS) is 16.2. The zero-order valence-corrected chi connectivity index (χ0v) is 13.5. The molecule has 0 bridgehead atoms. The van der Waals surface area contributed by atoms with E-state index in [0.29, 0.717) is 6.61 Å². The predicted molar refractivity (Wildman–Crippen MR) is 88.7 cm³/mol. The molecule has 4 heteroatoms. The SMILES string of the molecule is Cc1ccccc1OCC(=O)N(C)C1CCOc2ccccc21. The van der Waals surface area contributed by atoms with Gasteiger partial charge in [-0.15, -0.1) is 0 Å². The molecule has 1 amide bonds. The fourth-order valence-corrected chi connectivity index (χ4v) is 2.86. The highest BCUT2D eigenvalue weighted by atomic mass is 16.5. The second kappa shape index (κ2) is 6.73. The summed E-state index contributed by atoms with van der Waals surface area (Å²) in [7, 11) is 1.83. The number of nitrogens with zero attached hydrogens (tertiary/aromatic N) is 1. The first-order valence-electron chi connectivity index (χ1n) is 7.82. The van der Waals surface area contributed by atoms with Gasteiger partial charge in [-0.3, -0.25) is 4.79 Å². The Kier molecular flexibility index (Phi) is 4.51. The van der Waals surface area contributed by atoms with E-state index in [4.69, 9.17) is 9.47 Å². The summed E-state index contributed by atoms with van der Waals surface area (Å²) >= 11 is 0. The van der Waals surface area contributed by atoms with Crippen LogP contribution >= 0.6 is 0 Å². The van der Waals surface area contributed by atoms with E-state index in [0.717, 1.165) is 29.0 Å². The lowest BCUT2D eigenvalue weighted by Crippen LogP contribution is -2.37. The lowest BCUT2D eigenvalue weighted by molar-refractivity contribution is -0.134. The van der Waals surface area contributed by atoms with Gasteiger partial charge in [-0.25, -0.2) is 0 Å². The molecule has 3 rings (SSSR count). The second-order valence-corrected chi connectivity index (χ2v) is 5.75. The lowest BCUT2D eigenvalue weighted by Gasteiger charge is -2.33. The summed E-state index contributed by atoms with van der Waals surface area (Å²) in [6, 6.07) is 15.6. The van der Waals surface area contributed by atoms with Crippen LogP contribution in [0.4, 0.5) is 0 Å². The van der Waals surface area contributed by atoms with Crippen LogP contribution in [0.15, 0.2) is 48.5 Å². The van der Waals surface area contributed by atoms with Crippen LogP contribution in [0.2, 0.25) is 0 Å². The standard InChI is InChI=1S/C19H21NO3/c1-14-7-3-5-9-17(14)23-13-19(21)20(2)16-11-12-22-18-10-6-4-8-15(16)18/h3-10,16H,11-13H2,1-2H3. The number of fused-ring (bicyclic) bond motifs is 1. The van der Waals surface area contributed by atoms with Gasteiger partial charge in [-0.1, -0.05) is 36.4 Å². The molecule has 0 spiro atoms. The molecule has 2 aromatic carbocycles. The zero-order chi connectivity index (χ0) is 16.2. The highest BCUT2D eigenvalue weighted by molar-refractivity contribution is 5.78. The summed E-state index contributed by atoms with van der Waals surface area (Å²) < 4.78 is 11.3. The summed E-state index contributed by atoms with van der Waals surface area (Å²) in [6.07, 6.45) is 0.795. The van der Waals surface area contributed by atoms with Gasteiger partial charge in [0.25, 0.3) is 5.91 Å². The Labute approximate surface area is 136 Å². The van der Waals surface area contributed by atoms with Gasteiger partial charge >= 0.3 is 0 Å². The van der Waals surface area contributed by atoms with E-state index >= 15 is 0 Å². The number of hydrogen-bond acceptors (Lipinski definition) is 3.